The van der Waals surface area contributed by atoms with Crippen LogP contribution in [0, 0.1) is 0 Å². The van der Waals surface area contributed by atoms with Crippen LogP contribution in [-0.2, 0) is 5.75 Å². The second-order valence-corrected chi connectivity index (χ2v) is 5.87. The van der Waals surface area contributed by atoms with Gasteiger partial charge in [-0.2, -0.15) is 4.68 Å². The Morgan fingerprint density at radius 2 is 2.00 bits per heavy atom. The zero-order valence-electron chi connectivity index (χ0n) is 10.3. The second kappa shape index (κ2) is 6.15. The van der Waals surface area contributed by atoms with Gasteiger partial charge < -0.3 is 0 Å². The van der Waals surface area contributed by atoms with Gasteiger partial charge >= 0.3 is 0 Å². The smallest absolute Gasteiger partial charge is 0.214 e. The van der Waals surface area contributed by atoms with E-state index in [-0.39, 0.29) is 0 Å². The first kappa shape index (κ1) is 13.3. The lowest BCUT2D eigenvalue weighted by Crippen LogP contribution is -1.98. The molecule has 0 aliphatic rings. The molecule has 0 aliphatic carbocycles. The van der Waals surface area contributed by atoms with Gasteiger partial charge in [-0.25, -0.2) is 0 Å². The monoisotopic (exact) mass is 347 g/mol. The van der Waals surface area contributed by atoms with Gasteiger partial charge in [0.25, 0.3) is 0 Å². The van der Waals surface area contributed by atoms with Crippen molar-refractivity contribution in [3.05, 3.63) is 58.8 Å². The first-order valence-corrected chi connectivity index (χ1v) is 7.67. The van der Waals surface area contributed by atoms with Gasteiger partial charge in [-0.05, 0) is 50.1 Å². The molecule has 0 radical (unpaired) electrons. The van der Waals surface area contributed by atoms with Crippen molar-refractivity contribution in [1.29, 1.82) is 0 Å². The van der Waals surface area contributed by atoms with Crippen molar-refractivity contribution in [3.63, 3.8) is 0 Å². The van der Waals surface area contributed by atoms with Gasteiger partial charge in [-0.15, -0.1) is 5.10 Å². The van der Waals surface area contributed by atoms with Crippen molar-refractivity contribution in [1.82, 2.24) is 25.2 Å². The molecule has 3 rings (SSSR count). The first-order chi connectivity index (χ1) is 9.83. The minimum Gasteiger partial charge on any atom is -0.263 e. The highest BCUT2D eigenvalue weighted by Crippen LogP contribution is 2.23. The Labute approximate surface area is 128 Å². The minimum atomic E-state index is 0.760. The van der Waals surface area contributed by atoms with Crippen LogP contribution in [-0.4, -0.2) is 25.2 Å². The van der Waals surface area contributed by atoms with Gasteiger partial charge in [0.2, 0.25) is 5.16 Å². The Morgan fingerprint density at radius 1 is 1.15 bits per heavy atom. The molecule has 7 heteroatoms. The highest BCUT2D eigenvalue weighted by Gasteiger charge is 2.08. The molecule has 100 valence electrons. The molecule has 0 unspecified atom stereocenters. The molecule has 0 saturated carbocycles. The predicted octanol–water partition coefficient (Wildman–Crippen LogP) is 3.11. The number of thioether (sulfide) groups is 1. The molecule has 0 atom stereocenters. The summed E-state index contributed by atoms with van der Waals surface area (Å²) in [5, 5.41) is 12.6. The van der Waals surface area contributed by atoms with Crippen molar-refractivity contribution in [2.45, 2.75) is 10.9 Å². The third kappa shape index (κ3) is 3.05. The summed E-state index contributed by atoms with van der Waals surface area (Å²) in [7, 11) is 0. The van der Waals surface area contributed by atoms with Crippen molar-refractivity contribution in [2.24, 2.45) is 0 Å². The number of benzene rings is 1. The molecule has 0 saturated heterocycles. The summed E-state index contributed by atoms with van der Waals surface area (Å²) in [5.41, 5.74) is 2.07. The summed E-state index contributed by atoms with van der Waals surface area (Å²) in [6, 6.07) is 11.9. The van der Waals surface area contributed by atoms with Gasteiger partial charge in [0.05, 0.1) is 5.69 Å². The summed E-state index contributed by atoms with van der Waals surface area (Å²) in [5.74, 6) is 0.764. The number of tetrazole rings is 1. The van der Waals surface area contributed by atoms with Crippen molar-refractivity contribution in [2.75, 3.05) is 0 Å². The molecule has 0 amide bonds. The highest BCUT2D eigenvalue weighted by atomic mass is 79.9. The van der Waals surface area contributed by atoms with Crippen LogP contribution in [0.3, 0.4) is 0 Å². The molecule has 0 spiro atoms. The fraction of sp³-hybridized carbons (Fsp3) is 0.0769. The molecule has 0 fully saturated rings. The molecule has 2 heterocycles. The topological polar surface area (TPSA) is 56.5 Å². The van der Waals surface area contributed by atoms with Crippen molar-refractivity contribution in [3.8, 4) is 5.69 Å². The Balaban J connectivity index is 1.78. The van der Waals surface area contributed by atoms with Crippen LogP contribution in [0.2, 0.25) is 0 Å². The molecule has 2 aromatic heterocycles. The predicted molar refractivity (Wildman–Crippen MR) is 80.7 cm³/mol. The van der Waals surface area contributed by atoms with E-state index in [1.54, 1.807) is 22.6 Å². The van der Waals surface area contributed by atoms with E-state index in [2.05, 4.69) is 36.4 Å². The Kier molecular flexibility index (Phi) is 4.08. The van der Waals surface area contributed by atoms with Gasteiger partial charge in [0, 0.05) is 22.6 Å². The molecule has 0 N–H and O–H groups in total. The summed E-state index contributed by atoms with van der Waals surface area (Å²) in [4.78, 5) is 4.15. The number of pyridine rings is 1. The van der Waals surface area contributed by atoms with Crippen LogP contribution >= 0.6 is 27.7 Å². The summed E-state index contributed by atoms with van der Waals surface area (Å²) in [6.45, 7) is 0. The third-order valence-electron chi connectivity index (χ3n) is 2.57. The molecule has 1 aromatic carbocycles. The zero-order chi connectivity index (χ0) is 13.8. The SMILES string of the molecule is Brc1cncc(CSc2nnnn2-c2ccccc2)c1. The maximum Gasteiger partial charge on any atom is 0.214 e. The average molecular weight is 348 g/mol. The normalized spacial score (nSPS) is 10.7. The lowest BCUT2D eigenvalue weighted by atomic mass is 10.3. The molecule has 0 aliphatic heterocycles. The second-order valence-electron chi connectivity index (χ2n) is 4.01. The van der Waals surface area contributed by atoms with E-state index < -0.39 is 0 Å². The van der Waals surface area contributed by atoms with Crippen LogP contribution < -0.4 is 0 Å². The number of para-hydroxylation sites is 1. The van der Waals surface area contributed by atoms with Gasteiger partial charge in [0.1, 0.15) is 0 Å². The summed E-state index contributed by atoms with van der Waals surface area (Å²) in [6.07, 6.45) is 3.61. The Bertz CT molecular complexity index is 701. The molecule has 0 bridgehead atoms. The molecule has 20 heavy (non-hydrogen) atoms. The lowest BCUT2D eigenvalue weighted by molar-refractivity contribution is 0.756. The Hall–Kier alpha value is -1.73. The van der Waals surface area contributed by atoms with Crippen LogP contribution in [0.25, 0.3) is 5.69 Å². The molecule has 3 aromatic rings. The van der Waals surface area contributed by atoms with Gasteiger partial charge in [0.15, 0.2) is 0 Å². The van der Waals surface area contributed by atoms with E-state index >= 15 is 0 Å². The maximum absolute atomic E-state index is 4.15. The largest absolute Gasteiger partial charge is 0.263 e. The minimum absolute atomic E-state index is 0.760. The number of rotatable bonds is 4. The fourth-order valence-corrected chi connectivity index (χ4v) is 2.91. The molecular weight excluding hydrogens is 338 g/mol. The van der Waals surface area contributed by atoms with Crippen LogP contribution in [0.15, 0.2) is 58.4 Å². The van der Waals surface area contributed by atoms with Crippen LogP contribution in [0.1, 0.15) is 5.56 Å². The standard InChI is InChI=1S/C13H10BrN5S/c14-11-6-10(7-15-8-11)9-20-13-16-17-18-19(13)12-4-2-1-3-5-12/h1-8H,9H2. The van der Waals surface area contributed by atoms with Crippen LogP contribution in [0.5, 0.6) is 0 Å². The van der Waals surface area contributed by atoms with E-state index in [0.29, 0.717) is 0 Å². The number of hydrogen-bond donors (Lipinski definition) is 0. The van der Waals surface area contributed by atoms with E-state index in [1.165, 1.54) is 0 Å². The number of aromatic nitrogens is 5. The maximum atomic E-state index is 4.15. The number of hydrogen-bond acceptors (Lipinski definition) is 5. The van der Waals surface area contributed by atoms with E-state index in [0.717, 1.165) is 26.6 Å². The molecular formula is C13H10BrN5S. The van der Waals surface area contributed by atoms with Gasteiger partial charge in [-0.3, -0.25) is 4.98 Å². The van der Waals surface area contributed by atoms with Gasteiger partial charge in [-0.1, -0.05) is 30.0 Å². The highest BCUT2D eigenvalue weighted by molar-refractivity contribution is 9.10. The quantitative estimate of drug-likeness (QED) is 0.678. The Morgan fingerprint density at radius 3 is 2.80 bits per heavy atom. The number of nitrogens with zero attached hydrogens (tertiary/aromatic N) is 5. The average Bonchev–Trinajstić information content (AvgIpc) is 2.95. The van der Waals surface area contributed by atoms with E-state index in [9.17, 15) is 0 Å². The summed E-state index contributed by atoms with van der Waals surface area (Å²) < 4.78 is 2.70. The number of halogens is 1. The zero-order valence-corrected chi connectivity index (χ0v) is 12.8. The van der Waals surface area contributed by atoms with E-state index in [4.69, 9.17) is 0 Å². The fourth-order valence-electron chi connectivity index (χ4n) is 1.68. The van der Waals surface area contributed by atoms with Crippen molar-refractivity contribution >= 4 is 27.7 Å². The first-order valence-electron chi connectivity index (χ1n) is 5.89. The van der Waals surface area contributed by atoms with E-state index in [1.807, 2.05) is 42.6 Å². The van der Waals surface area contributed by atoms with Crippen molar-refractivity contribution < 1.29 is 0 Å². The lowest BCUT2D eigenvalue weighted by Gasteiger charge is -2.04. The van der Waals surface area contributed by atoms with Crippen LogP contribution in [0.4, 0.5) is 0 Å². The molecule has 5 nitrogen and oxygen atoms in total. The summed E-state index contributed by atoms with van der Waals surface area (Å²) >= 11 is 4.99. The third-order valence-corrected chi connectivity index (χ3v) is 4.00.